The van der Waals surface area contributed by atoms with Crippen molar-refractivity contribution >= 4 is 21.7 Å². The Morgan fingerprint density at radius 3 is 2.79 bits per heavy atom. The van der Waals surface area contributed by atoms with Crippen LogP contribution in [0.5, 0.6) is 5.75 Å². The largest absolute Gasteiger partial charge is 0.486 e. The first kappa shape index (κ1) is 13.7. The number of hydrogen-bond acceptors (Lipinski definition) is 4. The third-order valence-corrected chi connectivity index (χ3v) is 4.65. The van der Waals surface area contributed by atoms with Gasteiger partial charge in [0.1, 0.15) is 11.9 Å². The van der Waals surface area contributed by atoms with E-state index < -0.39 is 22.1 Å². The maximum Gasteiger partial charge on any atom is 0.307 e. The molecule has 0 saturated heterocycles. The summed E-state index contributed by atoms with van der Waals surface area (Å²) >= 11 is 0. The Hall–Kier alpha value is -1.76. The lowest BCUT2D eigenvalue weighted by Crippen LogP contribution is -2.44. The molecule has 0 bridgehead atoms. The number of aliphatic carboxylic acids is 1. The molecular formula is C12H15NO5S. The van der Waals surface area contributed by atoms with Crippen LogP contribution < -0.4 is 9.04 Å². The first-order valence-electron chi connectivity index (χ1n) is 5.92. The normalized spacial score (nSPS) is 18.6. The van der Waals surface area contributed by atoms with Crippen LogP contribution in [0.2, 0.25) is 0 Å². The van der Waals surface area contributed by atoms with Gasteiger partial charge in [0.15, 0.2) is 0 Å². The van der Waals surface area contributed by atoms with Crippen molar-refractivity contribution in [2.24, 2.45) is 0 Å². The number of carbonyl (C=O) groups is 1. The van der Waals surface area contributed by atoms with Crippen molar-refractivity contribution in [1.82, 2.24) is 0 Å². The van der Waals surface area contributed by atoms with E-state index in [2.05, 4.69) is 0 Å². The maximum absolute atomic E-state index is 12.1. The van der Waals surface area contributed by atoms with Crippen molar-refractivity contribution in [2.45, 2.75) is 19.4 Å². The molecule has 0 radical (unpaired) electrons. The van der Waals surface area contributed by atoms with E-state index in [0.29, 0.717) is 11.4 Å². The Morgan fingerprint density at radius 2 is 2.16 bits per heavy atom. The van der Waals surface area contributed by atoms with E-state index in [4.69, 9.17) is 9.84 Å². The van der Waals surface area contributed by atoms with Gasteiger partial charge >= 0.3 is 5.97 Å². The van der Waals surface area contributed by atoms with Gasteiger partial charge in [0, 0.05) is 0 Å². The Balaban J connectivity index is 2.39. The first-order chi connectivity index (χ1) is 8.94. The molecular weight excluding hydrogens is 270 g/mol. The van der Waals surface area contributed by atoms with Crippen LogP contribution in [0.3, 0.4) is 0 Å². The number of carboxylic acid groups (broad SMARTS) is 1. The molecule has 1 aliphatic rings. The molecule has 1 heterocycles. The van der Waals surface area contributed by atoms with Crippen LogP contribution in [0.15, 0.2) is 24.3 Å². The predicted octanol–water partition coefficient (Wildman–Crippen LogP) is 1.08. The van der Waals surface area contributed by atoms with E-state index in [-0.39, 0.29) is 18.7 Å². The summed E-state index contributed by atoms with van der Waals surface area (Å²) in [7, 11) is -3.44. The topological polar surface area (TPSA) is 83.9 Å². The van der Waals surface area contributed by atoms with Crippen LogP contribution in [0.1, 0.15) is 13.3 Å². The van der Waals surface area contributed by atoms with E-state index in [0.717, 1.165) is 0 Å². The maximum atomic E-state index is 12.1. The van der Waals surface area contributed by atoms with Gasteiger partial charge in [-0.2, -0.15) is 0 Å². The second-order valence-electron chi connectivity index (χ2n) is 4.24. The number of sulfonamides is 1. The van der Waals surface area contributed by atoms with Gasteiger partial charge in [-0.25, -0.2) is 8.42 Å². The molecule has 0 aliphatic carbocycles. The molecule has 2 rings (SSSR count). The van der Waals surface area contributed by atoms with Gasteiger partial charge in [-0.15, -0.1) is 0 Å². The zero-order valence-electron chi connectivity index (χ0n) is 10.4. The van der Waals surface area contributed by atoms with E-state index >= 15 is 0 Å². The highest BCUT2D eigenvalue weighted by molar-refractivity contribution is 7.92. The number of carboxylic acids is 1. The van der Waals surface area contributed by atoms with Gasteiger partial charge in [0.2, 0.25) is 10.0 Å². The van der Waals surface area contributed by atoms with Gasteiger partial charge in [-0.05, 0) is 19.1 Å². The molecule has 1 aliphatic heterocycles. The van der Waals surface area contributed by atoms with Gasteiger partial charge < -0.3 is 9.84 Å². The fraction of sp³-hybridized carbons (Fsp3) is 0.417. The summed E-state index contributed by atoms with van der Waals surface area (Å²) in [5.41, 5.74) is 0.464. The van der Waals surface area contributed by atoms with Gasteiger partial charge in [0.05, 0.1) is 24.4 Å². The fourth-order valence-electron chi connectivity index (χ4n) is 1.98. The summed E-state index contributed by atoms with van der Waals surface area (Å²) in [6, 6.07) is 6.73. The van der Waals surface area contributed by atoms with Crippen molar-refractivity contribution in [3.05, 3.63) is 24.3 Å². The quantitative estimate of drug-likeness (QED) is 0.895. The van der Waals surface area contributed by atoms with E-state index in [1.807, 2.05) is 0 Å². The van der Waals surface area contributed by atoms with Crippen LogP contribution in [0.4, 0.5) is 5.69 Å². The Kier molecular flexibility index (Phi) is 3.66. The molecule has 6 nitrogen and oxygen atoms in total. The van der Waals surface area contributed by atoms with Crippen LogP contribution in [0.25, 0.3) is 0 Å². The smallest absolute Gasteiger partial charge is 0.307 e. The van der Waals surface area contributed by atoms with E-state index in [9.17, 15) is 13.2 Å². The molecule has 1 aromatic rings. The highest BCUT2D eigenvalue weighted by Crippen LogP contribution is 2.35. The van der Waals surface area contributed by atoms with Gasteiger partial charge in [0.25, 0.3) is 0 Å². The molecule has 0 aromatic heterocycles. The zero-order valence-corrected chi connectivity index (χ0v) is 11.3. The fourth-order valence-corrected chi connectivity index (χ4v) is 3.14. The molecule has 0 amide bonds. The second kappa shape index (κ2) is 5.08. The second-order valence-corrected chi connectivity index (χ2v) is 6.42. The van der Waals surface area contributed by atoms with Gasteiger partial charge in [-0.3, -0.25) is 9.10 Å². The summed E-state index contributed by atoms with van der Waals surface area (Å²) in [5, 5.41) is 8.81. The molecule has 104 valence electrons. The van der Waals surface area contributed by atoms with Crippen molar-refractivity contribution in [3.63, 3.8) is 0 Å². The molecule has 0 fully saturated rings. The van der Waals surface area contributed by atoms with Crippen LogP contribution in [0, 0.1) is 0 Å². The predicted molar refractivity (Wildman–Crippen MR) is 69.9 cm³/mol. The number of fused-ring (bicyclic) bond motifs is 1. The summed E-state index contributed by atoms with van der Waals surface area (Å²) in [5.74, 6) is -0.656. The van der Waals surface area contributed by atoms with Gasteiger partial charge in [-0.1, -0.05) is 12.1 Å². The zero-order chi connectivity index (χ0) is 14.0. The lowest BCUT2D eigenvalue weighted by molar-refractivity contribution is -0.138. The highest BCUT2D eigenvalue weighted by Gasteiger charge is 2.33. The third kappa shape index (κ3) is 2.81. The monoisotopic (exact) mass is 285 g/mol. The Morgan fingerprint density at radius 1 is 1.47 bits per heavy atom. The minimum absolute atomic E-state index is 0.0273. The molecule has 1 atom stereocenters. The Labute approximate surface area is 111 Å². The molecule has 7 heteroatoms. The number of anilines is 1. The molecule has 0 spiro atoms. The lowest BCUT2D eigenvalue weighted by Gasteiger charge is -2.34. The number of para-hydroxylation sites is 2. The summed E-state index contributed by atoms with van der Waals surface area (Å²) in [6.07, 6.45) is -0.905. The number of hydrogen-bond donors (Lipinski definition) is 1. The minimum Gasteiger partial charge on any atom is -0.486 e. The average Bonchev–Trinajstić information content (AvgIpc) is 2.37. The highest BCUT2D eigenvalue weighted by atomic mass is 32.2. The number of nitrogens with zero attached hydrogens (tertiary/aromatic N) is 1. The average molecular weight is 285 g/mol. The number of benzene rings is 1. The Bertz CT molecular complexity index is 584. The van der Waals surface area contributed by atoms with Crippen molar-refractivity contribution in [1.29, 1.82) is 0 Å². The van der Waals surface area contributed by atoms with Crippen LogP contribution in [-0.2, 0) is 14.8 Å². The summed E-state index contributed by atoms with van der Waals surface area (Å²) in [4.78, 5) is 10.8. The SMILES string of the molecule is CCS(=O)(=O)N1C[C@@H](CC(=O)O)Oc2ccccc21. The molecule has 1 N–H and O–H groups in total. The third-order valence-electron chi connectivity index (χ3n) is 2.90. The van der Waals surface area contributed by atoms with Crippen LogP contribution in [-0.4, -0.2) is 37.9 Å². The van der Waals surface area contributed by atoms with Crippen molar-refractivity contribution < 1.29 is 23.1 Å². The summed E-state index contributed by atoms with van der Waals surface area (Å²) in [6.45, 7) is 1.58. The standard InChI is InChI=1S/C12H15NO5S/c1-2-19(16,17)13-8-9(7-12(14)15)18-11-6-4-3-5-10(11)13/h3-6,9H,2,7-8H2,1H3,(H,14,15)/t9-/m1/s1. The first-order valence-corrected chi connectivity index (χ1v) is 7.53. The lowest BCUT2D eigenvalue weighted by atomic mass is 10.2. The molecule has 0 saturated carbocycles. The summed E-state index contributed by atoms with van der Waals surface area (Å²) < 4.78 is 30.9. The number of rotatable bonds is 4. The van der Waals surface area contributed by atoms with E-state index in [1.54, 1.807) is 31.2 Å². The van der Waals surface area contributed by atoms with Crippen LogP contribution >= 0.6 is 0 Å². The molecule has 1 aromatic carbocycles. The molecule has 19 heavy (non-hydrogen) atoms. The van der Waals surface area contributed by atoms with Crippen molar-refractivity contribution in [3.8, 4) is 5.75 Å². The van der Waals surface area contributed by atoms with E-state index in [1.165, 1.54) is 4.31 Å². The van der Waals surface area contributed by atoms with Crippen molar-refractivity contribution in [2.75, 3.05) is 16.6 Å². The number of ether oxygens (including phenoxy) is 1. The molecule has 0 unspecified atom stereocenters. The minimum atomic E-state index is -3.44.